The van der Waals surface area contributed by atoms with Crippen LogP contribution in [0.5, 0.6) is 5.75 Å². The Morgan fingerprint density at radius 3 is 2.50 bits per heavy atom. The van der Waals surface area contributed by atoms with E-state index < -0.39 is 5.92 Å². The molecule has 2 aliphatic rings. The number of aryl methyl sites for hydroxylation is 1. The van der Waals surface area contributed by atoms with E-state index in [4.69, 9.17) is 9.47 Å². The highest BCUT2D eigenvalue weighted by atomic mass is 16.5. The predicted molar refractivity (Wildman–Crippen MR) is 164 cm³/mol. The van der Waals surface area contributed by atoms with Gasteiger partial charge in [-0.1, -0.05) is 31.2 Å². The van der Waals surface area contributed by atoms with Gasteiger partial charge in [-0.15, -0.1) is 0 Å². The van der Waals surface area contributed by atoms with Gasteiger partial charge in [-0.3, -0.25) is 14.4 Å². The average Bonchev–Trinajstić information content (AvgIpc) is 3.42. The monoisotopic (exact) mass is 578 g/mol. The van der Waals surface area contributed by atoms with Gasteiger partial charge in [-0.05, 0) is 61.4 Å². The van der Waals surface area contributed by atoms with Gasteiger partial charge in [0.05, 0.1) is 12.5 Å². The van der Waals surface area contributed by atoms with Gasteiger partial charge in [0.1, 0.15) is 5.75 Å². The molecule has 9 heteroatoms. The first-order valence-corrected chi connectivity index (χ1v) is 15.1. The van der Waals surface area contributed by atoms with Gasteiger partial charge in [0.2, 0.25) is 11.8 Å². The number of carbonyl (C=O) groups is 3. The van der Waals surface area contributed by atoms with Crippen LogP contribution in [0.1, 0.15) is 61.0 Å². The van der Waals surface area contributed by atoms with Crippen molar-refractivity contribution in [3.63, 3.8) is 0 Å². The summed E-state index contributed by atoms with van der Waals surface area (Å²) >= 11 is 0. The molecular formula is C33H46N4O5. The van der Waals surface area contributed by atoms with Crippen molar-refractivity contribution in [2.24, 2.45) is 11.8 Å². The fourth-order valence-electron chi connectivity index (χ4n) is 6.00. The van der Waals surface area contributed by atoms with Crippen LogP contribution in [0.3, 0.4) is 0 Å². The molecule has 0 unspecified atom stereocenters. The Kier molecular flexibility index (Phi) is 11.0. The molecule has 4 rings (SSSR count). The lowest BCUT2D eigenvalue weighted by Crippen LogP contribution is -2.44. The molecule has 42 heavy (non-hydrogen) atoms. The summed E-state index contributed by atoms with van der Waals surface area (Å²) in [6.07, 6.45) is 1.75. The number of hydrogen-bond donors (Lipinski definition) is 2. The topological polar surface area (TPSA) is 100 Å². The number of anilines is 1. The van der Waals surface area contributed by atoms with E-state index in [2.05, 4.69) is 17.6 Å². The van der Waals surface area contributed by atoms with E-state index in [0.717, 1.165) is 42.8 Å². The number of amides is 3. The van der Waals surface area contributed by atoms with Crippen molar-refractivity contribution in [1.82, 2.24) is 15.1 Å². The second-order valence-electron chi connectivity index (χ2n) is 11.7. The van der Waals surface area contributed by atoms with Crippen molar-refractivity contribution in [3.8, 4) is 5.75 Å². The number of para-hydroxylation sites is 1. The van der Waals surface area contributed by atoms with Crippen LogP contribution < -0.4 is 15.4 Å². The van der Waals surface area contributed by atoms with Crippen LogP contribution in [0.25, 0.3) is 0 Å². The first-order valence-electron chi connectivity index (χ1n) is 15.1. The van der Waals surface area contributed by atoms with E-state index in [9.17, 15) is 14.4 Å². The lowest BCUT2D eigenvalue weighted by Gasteiger charge is -2.34. The third-order valence-corrected chi connectivity index (χ3v) is 8.42. The number of rotatable bonds is 13. The van der Waals surface area contributed by atoms with Crippen LogP contribution in [0.4, 0.5) is 5.69 Å². The van der Waals surface area contributed by atoms with E-state index >= 15 is 0 Å². The molecule has 0 saturated carbocycles. The summed E-state index contributed by atoms with van der Waals surface area (Å²) in [5, 5.41) is 6.35. The summed E-state index contributed by atoms with van der Waals surface area (Å²) in [4.78, 5) is 43.4. The summed E-state index contributed by atoms with van der Waals surface area (Å²) in [6.45, 7) is 10.0. The first-order chi connectivity index (χ1) is 20.2. The highest BCUT2D eigenvalue weighted by molar-refractivity contribution is 6.01. The highest BCUT2D eigenvalue weighted by Crippen LogP contribution is 2.34. The van der Waals surface area contributed by atoms with Gasteiger partial charge in [0.25, 0.3) is 5.91 Å². The van der Waals surface area contributed by atoms with Crippen molar-refractivity contribution in [1.29, 1.82) is 0 Å². The average molecular weight is 579 g/mol. The smallest absolute Gasteiger partial charge is 0.254 e. The third-order valence-electron chi connectivity index (χ3n) is 8.42. The van der Waals surface area contributed by atoms with Gasteiger partial charge < -0.3 is 29.9 Å². The summed E-state index contributed by atoms with van der Waals surface area (Å²) in [6, 6.07) is 13.3. The minimum absolute atomic E-state index is 0.00675. The van der Waals surface area contributed by atoms with Crippen LogP contribution in [0.2, 0.25) is 0 Å². The van der Waals surface area contributed by atoms with Crippen LogP contribution in [0.15, 0.2) is 42.5 Å². The number of nitrogens with one attached hydrogen (secondary N) is 2. The number of ether oxygens (including phenoxy) is 2. The normalized spacial score (nSPS) is 19.8. The zero-order valence-corrected chi connectivity index (χ0v) is 25.7. The van der Waals surface area contributed by atoms with Gasteiger partial charge in [0.15, 0.2) is 0 Å². The molecule has 2 heterocycles. The molecule has 1 fully saturated rings. The van der Waals surface area contributed by atoms with E-state index in [-0.39, 0.29) is 42.0 Å². The first kappa shape index (κ1) is 31.5. The lowest BCUT2D eigenvalue weighted by molar-refractivity contribution is -0.134. The Morgan fingerprint density at radius 1 is 1.05 bits per heavy atom. The summed E-state index contributed by atoms with van der Waals surface area (Å²) in [7, 11) is 3.50. The maximum Gasteiger partial charge on any atom is 0.254 e. The largest absolute Gasteiger partial charge is 0.493 e. The molecule has 2 aromatic carbocycles. The van der Waals surface area contributed by atoms with Crippen molar-refractivity contribution in [2.75, 3.05) is 58.9 Å². The number of methoxy groups -OCH3 is 1. The lowest BCUT2D eigenvalue weighted by atomic mass is 9.88. The molecule has 3 amide bonds. The Balaban J connectivity index is 1.43. The fraction of sp³-hybridized carbons (Fsp3) is 0.545. The molecule has 3 atom stereocenters. The highest BCUT2D eigenvalue weighted by Gasteiger charge is 2.36. The molecule has 228 valence electrons. The minimum atomic E-state index is -0.487. The van der Waals surface area contributed by atoms with Crippen LogP contribution in [-0.2, 0) is 20.7 Å². The molecular weight excluding hydrogens is 532 g/mol. The fourth-order valence-corrected chi connectivity index (χ4v) is 6.00. The molecule has 2 aliphatic heterocycles. The van der Waals surface area contributed by atoms with Gasteiger partial charge in [0, 0.05) is 77.1 Å². The van der Waals surface area contributed by atoms with Crippen LogP contribution >= 0.6 is 0 Å². The number of benzene rings is 2. The zero-order chi connectivity index (χ0) is 30.2. The van der Waals surface area contributed by atoms with E-state index in [1.807, 2.05) is 68.3 Å². The van der Waals surface area contributed by atoms with Gasteiger partial charge in [-0.25, -0.2) is 0 Å². The Hall–Kier alpha value is -3.43. The van der Waals surface area contributed by atoms with Crippen molar-refractivity contribution < 1.29 is 23.9 Å². The number of fused-ring (bicyclic) bond motifs is 1. The molecule has 2 N–H and O–H groups in total. The van der Waals surface area contributed by atoms with Crippen molar-refractivity contribution in [3.05, 3.63) is 59.2 Å². The van der Waals surface area contributed by atoms with Gasteiger partial charge >= 0.3 is 0 Å². The Labute approximate surface area is 249 Å². The van der Waals surface area contributed by atoms with Crippen LogP contribution in [-0.4, -0.2) is 87.1 Å². The van der Waals surface area contributed by atoms with E-state index in [0.29, 0.717) is 37.6 Å². The van der Waals surface area contributed by atoms with Crippen LogP contribution in [0, 0.1) is 11.8 Å². The number of hydrogen-bond acceptors (Lipinski definition) is 6. The Bertz CT molecular complexity index is 1250. The minimum Gasteiger partial charge on any atom is -0.493 e. The van der Waals surface area contributed by atoms with E-state index in [1.165, 1.54) is 0 Å². The molecule has 0 aliphatic carbocycles. The third kappa shape index (κ3) is 7.50. The SMILES string of the molecule is CCc1ccc(C(=O)N(C[C@@H]2CNC[C@H]2CN(C)C(=O)[C@@H]2CC(=O)Nc3ccccc32)C(C)C)cc1OCCCOC. The summed E-state index contributed by atoms with van der Waals surface area (Å²) < 4.78 is 11.2. The summed E-state index contributed by atoms with van der Waals surface area (Å²) in [5.41, 5.74) is 3.27. The standard InChI is InChI=1S/C33H46N4O5/c1-6-23-12-13-24(16-30(23)42-15-9-14-41-5)32(39)37(22(2)3)21-26-19-34-18-25(26)20-36(4)33(40)28-17-31(38)35-29-11-8-7-10-27(28)29/h7-8,10-13,16,22,25-26,28,34H,6,9,14-15,17-21H2,1-5H3,(H,35,38)/t25-,26-,28+/m0/s1. The van der Waals surface area contributed by atoms with Gasteiger partial charge in [-0.2, -0.15) is 0 Å². The zero-order valence-electron chi connectivity index (χ0n) is 25.7. The van der Waals surface area contributed by atoms with Crippen molar-refractivity contribution in [2.45, 2.75) is 52.0 Å². The summed E-state index contributed by atoms with van der Waals surface area (Å²) in [5.74, 6) is 0.432. The molecule has 2 aromatic rings. The number of likely N-dealkylation sites (N-methyl/N-ethyl adjacent to an activating group) is 1. The maximum atomic E-state index is 13.8. The molecule has 1 saturated heterocycles. The molecule has 0 bridgehead atoms. The number of carbonyl (C=O) groups excluding carboxylic acids is 3. The molecule has 9 nitrogen and oxygen atoms in total. The predicted octanol–water partition coefficient (Wildman–Crippen LogP) is 3.93. The number of nitrogens with zero attached hydrogens (tertiary/aromatic N) is 2. The van der Waals surface area contributed by atoms with Crippen molar-refractivity contribution >= 4 is 23.4 Å². The quantitative estimate of drug-likeness (QED) is 0.350. The van der Waals surface area contributed by atoms with E-state index in [1.54, 1.807) is 12.0 Å². The maximum absolute atomic E-state index is 13.8. The molecule has 0 aromatic heterocycles. The Morgan fingerprint density at radius 2 is 1.79 bits per heavy atom. The second-order valence-corrected chi connectivity index (χ2v) is 11.7. The molecule has 0 spiro atoms. The molecule has 0 radical (unpaired) electrons. The second kappa shape index (κ2) is 14.6.